The SMILES string of the molecule is COc1ccccc1NC(=S)N/N=C(/C)c1ccc([N+](=O)[O-])cc1. The average Bonchev–Trinajstić information content (AvgIpc) is 2.60. The van der Waals surface area contributed by atoms with Gasteiger partial charge in [-0.15, -0.1) is 0 Å². The van der Waals surface area contributed by atoms with E-state index in [0.29, 0.717) is 16.6 Å². The third kappa shape index (κ3) is 4.50. The number of hydrogen-bond acceptors (Lipinski definition) is 5. The monoisotopic (exact) mass is 344 g/mol. The lowest BCUT2D eigenvalue weighted by Crippen LogP contribution is -2.25. The second-order valence-corrected chi connectivity index (χ2v) is 5.18. The fourth-order valence-electron chi connectivity index (χ4n) is 1.92. The van der Waals surface area contributed by atoms with Crippen LogP contribution >= 0.6 is 12.2 Å². The van der Waals surface area contributed by atoms with Crippen LogP contribution in [0.4, 0.5) is 11.4 Å². The molecule has 0 saturated carbocycles. The van der Waals surface area contributed by atoms with E-state index in [4.69, 9.17) is 17.0 Å². The molecule has 0 bridgehead atoms. The number of nitrogens with zero attached hydrogens (tertiary/aromatic N) is 2. The molecule has 0 saturated heterocycles. The van der Waals surface area contributed by atoms with E-state index in [-0.39, 0.29) is 5.69 Å². The number of hydrogen-bond donors (Lipinski definition) is 2. The summed E-state index contributed by atoms with van der Waals surface area (Å²) in [5, 5.41) is 18.1. The summed E-state index contributed by atoms with van der Waals surface area (Å²) < 4.78 is 5.23. The summed E-state index contributed by atoms with van der Waals surface area (Å²) in [5.41, 5.74) is 4.90. The Hall–Kier alpha value is -3.00. The molecule has 124 valence electrons. The van der Waals surface area contributed by atoms with E-state index in [0.717, 1.165) is 11.3 Å². The van der Waals surface area contributed by atoms with Crippen molar-refractivity contribution in [2.24, 2.45) is 5.10 Å². The van der Waals surface area contributed by atoms with Crippen LogP contribution in [0.25, 0.3) is 0 Å². The molecule has 2 N–H and O–H groups in total. The summed E-state index contributed by atoms with van der Waals surface area (Å²) in [6, 6.07) is 13.5. The Labute approximate surface area is 144 Å². The highest BCUT2D eigenvalue weighted by Gasteiger charge is 2.06. The van der Waals surface area contributed by atoms with E-state index in [2.05, 4.69) is 15.8 Å². The first kappa shape index (κ1) is 17.4. The number of para-hydroxylation sites is 2. The molecule has 0 fully saturated rings. The van der Waals surface area contributed by atoms with E-state index in [9.17, 15) is 10.1 Å². The van der Waals surface area contributed by atoms with Crippen LogP contribution in [0.2, 0.25) is 0 Å². The standard InChI is InChI=1S/C16H16N4O3S/c1-11(12-7-9-13(10-8-12)20(21)22)18-19-16(24)17-14-5-3-4-6-15(14)23-2/h3-10H,1-2H3,(H2,17,19,24)/b18-11-. The minimum absolute atomic E-state index is 0.0351. The number of hydrazone groups is 1. The van der Waals surface area contributed by atoms with Gasteiger partial charge in [-0.1, -0.05) is 12.1 Å². The number of benzene rings is 2. The first-order valence-electron chi connectivity index (χ1n) is 7.00. The van der Waals surface area contributed by atoms with Crippen molar-refractivity contribution in [1.29, 1.82) is 0 Å². The van der Waals surface area contributed by atoms with Gasteiger partial charge < -0.3 is 10.1 Å². The van der Waals surface area contributed by atoms with Gasteiger partial charge in [-0.05, 0) is 49.0 Å². The molecule has 0 aliphatic carbocycles. The van der Waals surface area contributed by atoms with Crippen LogP contribution in [0, 0.1) is 10.1 Å². The highest BCUT2D eigenvalue weighted by atomic mass is 32.1. The molecule has 0 aliphatic heterocycles. The van der Waals surface area contributed by atoms with Crippen LogP contribution in [0.15, 0.2) is 53.6 Å². The lowest BCUT2D eigenvalue weighted by Gasteiger charge is -2.11. The highest BCUT2D eigenvalue weighted by molar-refractivity contribution is 7.80. The Morgan fingerprint density at radius 2 is 1.88 bits per heavy atom. The van der Waals surface area contributed by atoms with Gasteiger partial charge in [0.25, 0.3) is 5.69 Å². The van der Waals surface area contributed by atoms with E-state index in [1.165, 1.54) is 12.1 Å². The molecule has 0 atom stereocenters. The zero-order valence-corrected chi connectivity index (χ0v) is 14.0. The van der Waals surface area contributed by atoms with Crippen LogP contribution in [0.3, 0.4) is 0 Å². The van der Waals surface area contributed by atoms with Crippen molar-refractivity contribution in [2.45, 2.75) is 6.92 Å². The summed E-state index contributed by atoms with van der Waals surface area (Å²) >= 11 is 5.19. The topological polar surface area (TPSA) is 88.8 Å². The Morgan fingerprint density at radius 3 is 2.50 bits per heavy atom. The van der Waals surface area contributed by atoms with Gasteiger partial charge in [-0.2, -0.15) is 5.10 Å². The van der Waals surface area contributed by atoms with Gasteiger partial charge in [0.15, 0.2) is 5.11 Å². The normalized spacial score (nSPS) is 10.8. The summed E-state index contributed by atoms with van der Waals surface area (Å²) in [4.78, 5) is 10.2. The van der Waals surface area contributed by atoms with Crippen molar-refractivity contribution in [3.05, 3.63) is 64.2 Å². The number of anilines is 1. The van der Waals surface area contributed by atoms with E-state index < -0.39 is 4.92 Å². The molecule has 0 aromatic heterocycles. The Morgan fingerprint density at radius 1 is 1.21 bits per heavy atom. The van der Waals surface area contributed by atoms with E-state index in [1.54, 1.807) is 26.2 Å². The predicted octanol–water partition coefficient (Wildman–Crippen LogP) is 3.31. The molecular formula is C16H16N4O3S. The van der Waals surface area contributed by atoms with Crippen molar-refractivity contribution in [3.63, 3.8) is 0 Å². The van der Waals surface area contributed by atoms with Gasteiger partial charge in [-0.25, -0.2) is 0 Å². The molecule has 0 radical (unpaired) electrons. The molecule has 2 aromatic carbocycles. The van der Waals surface area contributed by atoms with Crippen LogP contribution in [0.1, 0.15) is 12.5 Å². The smallest absolute Gasteiger partial charge is 0.269 e. The molecule has 0 heterocycles. The molecule has 0 spiro atoms. The zero-order chi connectivity index (χ0) is 17.5. The number of rotatable bonds is 5. The second-order valence-electron chi connectivity index (χ2n) is 4.77. The quantitative estimate of drug-likeness (QED) is 0.374. The van der Waals surface area contributed by atoms with Crippen LogP contribution < -0.4 is 15.5 Å². The van der Waals surface area contributed by atoms with Crippen molar-refractivity contribution in [2.75, 3.05) is 12.4 Å². The van der Waals surface area contributed by atoms with Gasteiger partial charge in [0, 0.05) is 12.1 Å². The second kappa shape index (κ2) is 8.02. The summed E-state index contributed by atoms with van der Waals surface area (Å²) in [7, 11) is 1.58. The lowest BCUT2D eigenvalue weighted by molar-refractivity contribution is -0.384. The molecule has 0 amide bonds. The Balaban J connectivity index is 2.01. The Kier molecular flexibility index (Phi) is 5.80. The summed E-state index contributed by atoms with van der Waals surface area (Å²) in [6.45, 7) is 1.78. The average molecular weight is 344 g/mol. The largest absolute Gasteiger partial charge is 0.495 e. The van der Waals surface area contributed by atoms with E-state index in [1.807, 2.05) is 24.3 Å². The van der Waals surface area contributed by atoms with Gasteiger partial charge in [0.1, 0.15) is 5.75 Å². The maximum Gasteiger partial charge on any atom is 0.269 e. The van der Waals surface area contributed by atoms with Crippen molar-refractivity contribution < 1.29 is 9.66 Å². The first-order chi connectivity index (χ1) is 11.5. The predicted molar refractivity (Wildman–Crippen MR) is 97.7 cm³/mol. The highest BCUT2D eigenvalue weighted by Crippen LogP contribution is 2.22. The molecular weight excluding hydrogens is 328 g/mol. The molecule has 7 nitrogen and oxygen atoms in total. The molecule has 24 heavy (non-hydrogen) atoms. The lowest BCUT2D eigenvalue weighted by atomic mass is 10.1. The van der Waals surface area contributed by atoms with Gasteiger partial charge in [0.2, 0.25) is 0 Å². The van der Waals surface area contributed by atoms with E-state index >= 15 is 0 Å². The first-order valence-corrected chi connectivity index (χ1v) is 7.41. The number of nitrogens with one attached hydrogen (secondary N) is 2. The summed E-state index contributed by atoms with van der Waals surface area (Å²) in [5.74, 6) is 0.665. The van der Waals surface area contributed by atoms with Crippen LogP contribution in [-0.2, 0) is 0 Å². The Bertz CT molecular complexity index is 775. The van der Waals surface area contributed by atoms with Crippen molar-refractivity contribution in [1.82, 2.24) is 5.43 Å². The number of thiocarbonyl (C=S) groups is 1. The number of non-ortho nitro benzene ring substituents is 1. The molecule has 2 aromatic rings. The third-order valence-electron chi connectivity index (χ3n) is 3.18. The van der Waals surface area contributed by atoms with Crippen LogP contribution in [0.5, 0.6) is 5.75 Å². The maximum atomic E-state index is 10.7. The number of nitro groups is 1. The number of nitro benzene ring substituents is 1. The number of methoxy groups -OCH3 is 1. The van der Waals surface area contributed by atoms with Gasteiger partial charge in [-0.3, -0.25) is 15.5 Å². The molecule has 0 unspecified atom stereocenters. The van der Waals surface area contributed by atoms with Crippen LogP contribution in [-0.4, -0.2) is 22.9 Å². The minimum atomic E-state index is -0.444. The zero-order valence-electron chi connectivity index (χ0n) is 13.1. The minimum Gasteiger partial charge on any atom is -0.495 e. The van der Waals surface area contributed by atoms with Crippen molar-refractivity contribution >= 4 is 34.4 Å². The fourth-order valence-corrected chi connectivity index (χ4v) is 2.08. The van der Waals surface area contributed by atoms with Gasteiger partial charge in [0.05, 0.1) is 23.4 Å². The fraction of sp³-hybridized carbons (Fsp3) is 0.125. The molecule has 8 heteroatoms. The molecule has 2 rings (SSSR count). The van der Waals surface area contributed by atoms with Gasteiger partial charge >= 0.3 is 0 Å². The van der Waals surface area contributed by atoms with Crippen molar-refractivity contribution in [3.8, 4) is 5.75 Å². The maximum absolute atomic E-state index is 10.7. The molecule has 0 aliphatic rings. The third-order valence-corrected chi connectivity index (χ3v) is 3.37. The summed E-state index contributed by atoms with van der Waals surface area (Å²) in [6.07, 6.45) is 0. The number of ether oxygens (including phenoxy) is 1.